The van der Waals surface area contributed by atoms with E-state index in [9.17, 15) is 4.79 Å². The summed E-state index contributed by atoms with van der Waals surface area (Å²) in [6, 6.07) is -0.287. The molecular formula is C9H9N3O2. The minimum atomic E-state index is -1.13. The minimum absolute atomic E-state index is 0.130. The van der Waals surface area contributed by atoms with E-state index in [1.54, 1.807) is 6.92 Å². The molecule has 1 unspecified atom stereocenters. The zero-order valence-corrected chi connectivity index (χ0v) is 7.56. The van der Waals surface area contributed by atoms with Crippen LogP contribution in [0.2, 0.25) is 0 Å². The normalized spacial score (nSPS) is 11.4. The van der Waals surface area contributed by atoms with Crippen LogP contribution >= 0.6 is 0 Å². The van der Waals surface area contributed by atoms with Gasteiger partial charge in [-0.05, 0) is 6.92 Å². The lowest BCUT2D eigenvalue weighted by Crippen LogP contribution is -2.17. The maximum atomic E-state index is 10.7. The van der Waals surface area contributed by atoms with Gasteiger partial charge in [0, 0.05) is 12.4 Å². The Morgan fingerprint density at radius 3 is 2.86 bits per heavy atom. The van der Waals surface area contributed by atoms with Crippen LogP contribution in [0, 0.1) is 12.3 Å². The lowest BCUT2D eigenvalue weighted by atomic mass is 10.3. The first-order valence-electron chi connectivity index (χ1n) is 3.92. The summed E-state index contributed by atoms with van der Waals surface area (Å²) in [6.07, 6.45) is 7.85. The molecule has 1 heterocycles. The van der Waals surface area contributed by atoms with Gasteiger partial charge >= 0.3 is 5.97 Å². The summed E-state index contributed by atoms with van der Waals surface area (Å²) < 4.78 is 0. The smallest absolute Gasteiger partial charge is 0.358 e. The Kier molecular flexibility index (Phi) is 3.02. The molecule has 0 radical (unpaired) electrons. The molecule has 0 saturated heterocycles. The maximum Gasteiger partial charge on any atom is 0.358 e. The summed E-state index contributed by atoms with van der Waals surface area (Å²) in [4.78, 5) is 18.2. The van der Waals surface area contributed by atoms with Crippen LogP contribution in [0.5, 0.6) is 0 Å². The molecule has 1 atom stereocenters. The highest BCUT2D eigenvalue weighted by Gasteiger charge is 2.13. The number of aromatic carboxylic acids is 1. The minimum Gasteiger partial charge on any atom is -0.476 e. The van der Waals surface area contributed by atoms with E-state index in [1.165, 1.54) is 12.4 Å². The monoisotopic (exact) mass is 191 g/mol. The molecule has 14 heavy (non-hydrogen) atoms. The highest BCUT2D eigenvalue weighted by Crippen LogP contribution is 2.08. The summed E-state index contributed by atoms with van der Waals surface area (Å²) in [5.41, 5.74) is -0.130. The van der Waals surface area contributed by atoms with E-state index >= 15 is 0 Å². The molecule has 0 amide bonds. The van der Waals surface area contributed by atoms with Gasteiger partial charge in [-0.15, -0.1) is 6.42 Å². The Hall–Kier alpha value is -2.09. The third-order valence-electron chi connectivity index (χ3n) is 1.50. The second-order valence-electron chi connectivity index (χ2n) is 2.59. The number of terminal acetylenes is 1. The predicted molar refractivity (Wildman–Crippen MR) is 50.9 cm³/mol. The number of carbonyl (C=O) groups is 1. The van der Waals surface area contributed by atoms with Gasteiger partial charge in [-0.25, -0.2) is 14.8 Å². The lowest BCUT2D eigenvalue weighted by Gasteiger charge is -2.09. The van der Waals surface area contributed by atoms with E-state index in [2.05, 4.69) is 21.2 Å². The van der Waals surface area contributed by atoms with Gasteiger partial charge in [-0.3, -0.25) is 0 Å². The molecule has 0 saturated carbocycles. The summed E-state index contributed by atoms with van der Waals surface area (Å²) in [5, 5.41) is 11.5. The lowest BCUT2D eigenvalue weighted by molar-refractivity contribution is 0.0691. The molecule has 0 spiro atoms. The number of carboxylic acid groups (broad SMARTS) is 1. The average molecular weight is 191 g/mol. The third-order valence-corrected chi connectivity index (χ3v) is 1.50. The van der Waals surface area contributed by atoms with Crippen molar-refractivity contribution in [2.45, 2.75) is 13.0 Å². The number of carboxylic acids is 1. The van der Waals surface area contributed by atoms with Gasteiger partial charge < -0.3 is 10.4 Å². The van der Waals surface area contributed by atoms with Crippen molar-refractivity contribution in [3.05, 3.63) is 18.1 Å². The van der Waals surface area contributed by atoms with Crippen molar-refractivity contribution in [2.24, 2.45) is 0 Å². The van der Waals surface area contributed by atoms with Gasteiger partial charge in [0.15, 0.2) is 11.5 Å². The van der Waals surface area contributed by atoms with Crippen LogP contribution in [0.15, 0.2) is 12.4 Å². The molecule has 1 rings (SSSR count). The topological polar surface area (TPSA) is 75.1 Å². The fraction of sp³-hybridized carbons (Fsp3) is 0.222. The third kappa shape index (κ3) is 2.20. The molecule has 0 aliphatic heterocycles. The van der Waals surface area contributed by atoms with Crippen molar-refractivity contribution in [3.8, 4) is 12.3 Å². The van der Waals surface area contributed by atoms with Crippen LogP contribution in [0.4, 0.5) is 5.82 Å². The van der Waals surface area contributed by atoms with E-state index < -0.39 is 5.97 Å². The molecule has 0 fully saturated rings. The Bertz CT molecular complexity index is 384. The molecule has 1 aromatic heterocycles. The van der Waals surface area contributed by atoms with Gasteiger partial charge in [-0.2, -0.15) is 0 Å². The van der Waals surface area contributed by atoms with E-state index in [4.69, 9.17) is 11.5 Å². The van der Waals surface area contributed by atoms with Gasteiger partial charge in [0.1, 0.15) is 0 Å². The zero-order chi connectivity index (χ0) is 10.6. The first-order valence-corrected chi connectivity index (χ1v) is 3.92. The van der Waals surface area contributed by atoms with Crippen LogP contribution in [0.1, 0.15) is 17.4 Å². The van der Waals surface area contributed by atoms with E-state index in [0.29, 0.717) is 0 Å². The van der Waals surface area contributed by atoms with Crippen molar-refractivity contribution in [2.75, 3.05) is 5.32 Å². The summed E-state index contributed by atoms with van der Waals surface area (Å²) in [6.45, 7) is 1.72. The van der Waals surface area contributed by atoms with Gasteiger partial charge in [0.2, 0.25) is 0 Å². The van der Waals surface area contributed by atoms with Gasteiger partial charge in [0.25, 0.3) is 0 Å². The largest absolute Gasteiger partial charge is 0.476 e. The van der Waals surface area contributed by atoms with Crippen LogP contribution in [0.3, 0.4) is 0 Å². The van der Waals surface area contributed by atoms with E-state index in [-0.39, 0.29) is 17.6 Å². The number of rotatable bonds is 3. The fourth-order valence-corrected chi connectivity index (χ4v) is 0.847. The van der Waals surface area contributed by atoms with Gasteiger partial charge in [0.05, 0.1) is 6.04 Å². The number of hydrogen-bond acceptors (Lipinski definition) is 4. The fourth-order valence-electron chi connectivity index (χ4n) is 0.847. The number of nitrogens with zero attached hydrogens (tertiary/aromatic N) is 2. The zero-order valence-electron chi connectivity index (χ0n) is 7.56. The van der Waals surface area contributed by atoms with Crippen LogP contribution in [-0.4, -0.2) is 27.1 Å². The molecule has 72 valence electrons. The maximum absolute atomic E-state index is 10.7. The van der Waals surface area contributed by atoms with Crippen molar-refractivity contribution >= 4 is 11.8 Å². The molecular weight excluding hydrogens is 182 g/mol. The molecule has 5 heteroatoms. The molecule has 2 N–H and O–H groups in total. The van der Waals surface area contributed by atoms with Crippen molar-refractivity contribution in [1.29, 1.82) is 0 Å². The molecule has 0 aromatic carbocycles. The second-order valence-corrected chi connectivity index (χ2v) is 2.59. The van der Waals surface area contributed by atoms with E-state index in [0.717, 1.165) is 0 Å². The first-order chi connectivity index (χ1) is 6.65. The summed E-state index contributed by atoms with van der Waals surface area (Å²) in [5.74, 6) is 1.46. The quantitative estimate of drug-likeness (QED) is 0.684. The molecule has 0 aliphatic rings. The Morgan fingerprint density at radius 1 is 1.64 bits per heavy atom. The van der Waals surface area contributed by atoms with E-state index in [1.807, 2.05) is 0 Å². The van der Waals surface area contributed by atoms with Gasteiger partial charge in [-0.1, -0.05) is 5.92 Å². The average Bonchev–Trinajstić information content (AvgIpc) is 2.18. The van der Waals surface area contributed by atoms with Crippen LogP contribution in [0.25, 0.3) is 0 Å². The van der Waals surface area contributed by atoms with Crippen molar-refractivity contribution in [1.82, 2.24) is 9.97 Å². The predicted octanol–water partition coefficient (Wildman–Crippen LogP) is 0.608. The van der Waals surface area contributed by atoms with Crippen molar-refractivity contribution < 1.29 is 9.90 Å². The number of anilines is 1. The second kappa shape index (κ2) is 4.23. The number of aromatic nitrogens is 2. The number of hydrogen-bond donors (Lipinski definition) is 2. The van der Waals surface area contributed by atoms with Crippen molar-refractivity contribution in [3.63, 3.8) is 0 Å². The van der Waals surface area contributed by atoms with Crippen LogP contribution in [-0.2, 0) is 0 Å². The highest BCUT2D eigenvalue weighted by atomic mass is 16.4. The Morgan fingerprint density at radius 2 is 2.29 bits per heavy atom. The summed E-state index contributed by atoms with van der Waals surface area (Å²) >= 11 is 0. The Labute approximate surface area is 81.2 Å². The molecule has 5 nitrogen and oxygen atoms in total. The number of nitrogens with one attached hydrogen (secondary N) is 1. The molecule has 1 aromatic rings. The highest BCUT2D eigenvalue weighted by molar-refractivity contribution is 5.90. The van der Waals surface area contributed by atoms with Crippen LogP contribution < -0.4 is 5.32 Å². The first kappa shape index (κ1) is 9.99. The molecule has 0 aliphatic carbocycles. The Balaban J connectivity index is 2.97. The SMILES string of the molecule is C#CC(C)Nc1nccnc1C(=O)O. The standard InChI is InChI=1S/C9H9N3O2/c1-3-6(2)12-8-7(9(13)14)10-4-5-11-8/h1,4-6H,2H3,(H,11,12)(H,13,14). The molecule has 0 bridgehead atoms. The summed E-state index contributed by atoms with van der Waals surface area (Å²) in [7, 11) is 0.